The van der Waals surface area contributed by atoms with Crippen LogP contribution in [0.15, 0.2) is 30.5 Å². The summed E-state index contributed by atoms with van der Waals surface area (Å²) in [6.45, 7) is 2.06. The van der Waals surface area contributed by atoms with Crippen molar-refractivity contribution in [3.63, 3.8) is 0 Å². The summed E-state index contributed by atoms with van der Waals surface area (Å²) in [6.07, 6.45) is 1.67. The number of aromatic nitrogens is 2. The molecule has 5 heteroatoms. The molecular formula is C12H13ClFN3. The van der Waals surface area contributed by atoms with Crippen LogP contribution in [0.3, 0.4) is 0 Å². The molecule has 0 saturated heterocycles. The minimum absolute atomic E-state index is 0.262. The van der Waals surface area contributed by atoms with Crippen molar-refractivity contribution in [3.05, 3.63) is 52.6 Å². The second kappa shape index (κ2) is 4.85. The zero-order valence-electron chi connectivity index (χ0n) is 9.40. The molecule has 0 fully saturated rings. The van der Waals surface area contributed by atoms with E-state index in [1.807, 2.05) is 0 Å². The lowest BCUT2D eigenvalue weighted by Gasteiger charge is -2.16. The normalized spacial score (nSPS) is 12.7. The monoisotopic (exact) mass is 253 g/mol. The predicted octanol–water partition coefficient (Wildman–Crippen LogP) is 2.53. The van der Waals surface area contributed by atoms with Crippen molar-refractivity contribution in [3.8, 4) is 0 Å². The lowest BCUT2D eigenvalue weighted by molar-refractivity contribution is 0.496. The van der Waals surface area contributed by atoms with Crippen LogP contribution in [0.25, 0.3) is 0 Å². The number of hydrogen-bond acceptors (Lipinski definition) is 2. The Bertz CT molecular complexity index is 505. The Morgan fingerprint density at radius 1 is 1.47 bits per heavy atom. The van der Waals surface area contributed by atoms with Crippen LogP contribution in [0.2, 0.25) is 5.02 Å². The molecule has 0 aliphatic rings. The average molecular weight is 254 g/mol. The molecular weight excluding hydrogens is 241 g/mol. The maximum absolute atomic E-state index is 13.7. The van der Waals surface area contributed by atoms with E-state index in [-0.39, 0.29) is 18.4 Å². The van der Waals surface area contributed by atoms with Gasteiger partial charge in [-0.05, 0) is 13.0 Å². The smallest absolute Gasteiger partial charge is 0.128 e. The maximum atomic E-state index is 13.7. The quantitative estimate of drug-likeness (QED) is 0.914. The number of nitrogens with zero attached hydrogens (tertiary/aromatic N) is 2. The molecule has 0 aliphatic heterocycles. The molecule has 0 saturated carbocycles. The Balaban J connectivity index is 2.44. The molecule has 17 heavy (non-hydrogen) atoms. The fraction of sp³-hybridized carbons (Fsp3) is 0.250. The van der Waals surface area contributed by atoms with Crippen LogP contribution in [0, 0.1) is 12.7 Å². The second-order valence-corrected chi connectivity index (χ2v) is 4.22. The van der Waals surface area contributed by atoms with Gasteiger partial charge in [-0.2, -0.15) is 5.10 Å². The van der Waals surface area contributed by atoms with Gasteiger partial charge in [-0.25, -0.2) is 4.39 Å². The molecule has 0 aliphatic carbocycles. The number of hydrogen-bond donors (Lipinski definition) is 1. The summed E-state index contributed by atoms with van der Waals surface area (Å²) in [5, 5.41) is 4.79. The Labute approximate surface area is 104 Å². The molecule has 1 aromatic heterocycles. The first-order valence-corrected chi connectivity index (χ1v) is 5.67. The summed E-state index contributed by atoms with van der Waals surface area (Å²) in [7, 11) is 0. The van der Waals surface area contributed by atoms with E-state index in [4.69, 9.17) is 17.3 Å². The van der Waals surface area contributed by atoms with Gasteiger partial charge in [0.1, 0.15) is 5.82 Å². The minimum atomic E-state index is -0.331. The highest BCUT2D eigenvalue weighted by molar-refractivity contribution is 6.31. The number of aryl methyl sites for hydroxylation is 1. The fourth-order valence-corrected chi connectivity index (χ4v) is 1.88. The molecule has 2 rings (SSSR count). The highest BCUT2D eigenvalue weighted by atomic mass is 35.5. The Kier molecular flexibility index (Phi) is 3.45. The number of benzene rings is 1. The molecule has 0 radical (unpaired) electrons. The Hall–Kier alpha value is -1.39. The Morgan fingerprint density at radius 3 is 2.71 bits per heavy atom. The molecule has 2 aromatic rings. The summed E-state index contributed by atoms with van der Waals surface area (Å²) >= 11 is 5.94. The molecule has 1 unspecified atom stereocenters. The average Bonchev–Trinajstić information content (AvgIpc) is 2.63. The summed E-state index contributed by atoms with van der Waals surface area (Å²) in [5.41, 5.74) is 6.93. The van der Waals surface area contributed by atoms with Crippen LogP contribution in [-0.2, 0) is 0 Å². The van der Waals surface area contributed by atoms with Gasteiger partial charge < -0.3 is 5.73 Å². The molecule has 0 bridgehead atoms. The first kappa shape index (κ1) is 12.1. The molecule has 3 nitrogen and oxygen atoms in total. The third-order valence-corrected chi connectivity index (χ3v) is 3.03. The van der Waals surface area contributed by atoms with Crippen molar-refractivity contribution in [1.29, 1.82) is 0 Å². The fourth-order valence-electron chi connectivity index (χ4n) is 1.74. The molecule has 90 valence electrons. The van der Waals surface area contributed by atoms with Crippen LogP contribution in [0.1, 0.15) is 17.3 Å². The summed E-state index contributed by atoms with van der Waals surface area (Å²) in [4.78, 5) is 0. The zero-order chi connectivity index (χ0) is 12.4. The van der Waals surface area contributed by atoms with Gasteiger partial charge >= 0.3 is 0 Å². The third kappa shape index (κ3) is 2.33. The highest BCUT2D eigenvalue weighted by Crippen LogP contribution is 2.22. The topological polar surface area (TPSA) is 43.8 Å². The molecule has 1 atom stereocenters. The van der Waals surface area contributed by atoms with Crippen molar-refractivity contribution in [2.75, 3.05) is 6.54 Å². The highest BCUT2D eigenvalue weighted by Gasteiger charge is 2.17. The lowest BCUT2D eigenvalue weighted by Crippen LogP contribution is -2.22. The second-order valence-electron chi connectivity index (χ2n) is 3.82. The van der Waals surface area contributed by atoms with Gasteiger partial charge in [-0.3, -0.25) is 4.68 Å². The van der Waals surface area contributed by atoms with Gasteiger partial charge in [0.2, 0.25) is 0 Å². The van der Waals surface area contributed by atoms with E-state index >= 15 is 0 Å². The van der Waals surface area contributed by atoms with E-state index in [1.165, 1.54) is 6.07 Å². The number of rotatable bonds is 3. The first-order chi connectivity index (χ1) is 8.13. The van der Waals surface area contributed by atoms with Crippen molar-refractivity contribution in [2.45, 2.75) is 13.0 Å². The van der Waals surface area contributed by atoms with Crippen molar-refractivity contribution < 1.29 is 4.39 Å². The molecule has 1 heterocycles. The maximum Gasteiger partial charge on any atom is 0.128 e. The van der Waals surface area contributed by atoms with E-state index in [0.717, 1.165) is 0 Å². The number of nitrogens with two attached hydrogens (primary N) is 1. The van der Waals surface area contributed by atoms with Crippen LogP contribution < -0.4 is 5.73 Å². The minimum Gasteiger partial charge on any atom is -0.328 e. The van der Waals surface area contributed by atoms with Crippen LogP contribution in [0.5, 0.6) is 0 Å². The van der Waals surface area contributed by atoms with E-state index in [0.29, 0.717) is 16.3 Å². The van der Waals surface area contributed by atoms with Gasteiger partial charge in [-0.1, -0.05) is 29.8 Å². The summed E-state index contributed by atoms with van der Waals surface area (Å²) < 4.78 is 15.3. The summed E-state index contributed by atoms with van der Waals surface area (Å²) in [6, 6.07) is 6.21. The molecule has 0 amide bonds. The van der Waals surface area contributed by atoms with Crippen LogP contribution in [-0.4, -0.2) is 16.3 Å². The predicted molar refractivity (Wildman–Crippen MR) is 65.6 cm³/mol. The van der Waals surface area contributed by atoms with Gasteiger partial charge in [0.25, 0.3) is 0 Å². The number of halogens is 2. The summed E-state index contributed by atoms with van der Waals surface area (Å²) in [5.74, 6) is -0.285. The lowest BCUT2D eigenvalue weighted by atomic mass is 10.1. The van der Waals surface area contributed by atoms with E-state index in [2.05, 4.69) is 5.10 Å². The molecule has 0 spiro atoms. The van der Waals surface area contributed by atoms with E-state index in [9.17, 15) is 4.39 Å². The van der Waals surface area contributed by atoms with E-state index in [1.54, 1.807) is 36.0 Å². The van der Waals surface area contributed by atoms with Crippen molar-refractivity contribution in [1.82, 2.24) is 9.78 Å². The van der Waals surface area contributed by atoms with Gasteiger partial charge in [0.15, 0.2) is 0 Å². The standard InChI is InChI=1S/C12H13ClFN3/c1-8-10(13)7-17(16-8)12(6-15)9-4-2-3-5-11(9)14/h2-5,7,12H,6,15H2,1H3. The van der Waals surface area contributed by atoms with Crippen LogP contribution >= 0.6 is 11.6 Å². The van der Waals surface area contributed by atoms with Crippen molar-refractivity contribution in [2.24, 2.45) is 5.73 Å². The molecule has 2 N–H and O–H groups in total. The van der Waals surface area contributed by atoms with Gasteiger partial charge in [0.05, 0.1) is 16.8 Å². The zero-order valence-corrected chi connectivity index (χ0v) is 10.2. The largest absolute Gasteiger partial charge is 0.328 e. The van der Waals surface area contributed by atoms with Crippen LogP contribution in [0.4, 0.5) is 4.39 Å². The third-order valence-electron chi connectivity index (χ3n) is 2.66. The first-order valence-electron chi connectivity index (χ1n) is 5.29. The SMILES string of the molecule is Cc1nn(C(CN)c2ccccc2F)cc1Cl. The van der Waals surface area contributed by atoms with Gasteiger partial charge in [-0.15, -0.1) is 0 Å². The van der Waals surface area contributed by atoms with Gasteiger partial charge in [0, 0.05) is 18.3 Å². The van der Waals surface area contributed by atoms with E-state index < -0.39 is 0 Å². The van der Waals surface area contributed by atoms with Crippen molar-refractivity contribution >= 4 is 11.6 Å². The Morgan fingerprint density at radius 2 is 2.18 bits per heavy atom. The molecule has 1 aromatic carbocycles.